The Bertz CT molecular complexity index is 857. The molecular weight excluding hydrogens is 461 g/mol. The number of halogens is 3. The fourth-order valence-corrected chi connectivity index (χ4v) is 3.97. The molecule has 1 N–H and O–H groups in total. The number of anilines is 1. The van der Waals surface area contributed by atoms with Gasteiger partial charge in [-0.2, -0.15) is 0 Å². The molecule has 0 saturated heterocycles. The van der Waals surface area contributed by atoms with Gasteiger partial charge in [-0.25, -0.2) is 4.39 Å². The second-order valence-corrected chi connectivity index (χ2v) is 7.73. The molecule has 3 rings (SSSR count). The zero-order chi connectivity index (χ0) is 18.5. The maximum absolute atomic E-state index is 13.0. The zero-order valence-corrected chi connectivity index (χ0v) is 17.4. The summed E-state index contributed by atoms with van der Waals surface area (Å²) in [7, 11) is 0. The van der Waals surface area contributed by atoms with E-state index in [1.165, 1.54) is 17.7 Å². The van der Waals surface area contributed by atoms with Crippen LogP contribution in [0.1, 0.15) is 16.7 Å². The van der Waals surface area contributed by atoms with Gasteiger partial charge in [-0.3, -0.25) is 0 Å². The first-order valence-corrected chi connectivity index (χ1v) is 9.75. The summed E-state index contributed by atoms with van der Waals surface area (Å²) in [5.74, 6) is 0.534. The lowest BCUT2D eigenvalue weighted by Crippen LogP contribution is -2.01. The van der Waals surface area contributed by atoms with Gasteiger partial charge in [0.25, 0.3) is 0 Å². The van der Waals surface area contributed by atoms with Crippen molar-refractivity contribution in [1.29, 1.82) is 0 Å². The third-order valence-corrected chi connectivity index (χ3v) is 5.08. The molecule has 0 atom stereocenters. The highest BCUT2D eigenvalue weighted by atomic mass is 79.9. The molecule has 2 nitrogen and oxygen atoms in total. The van der Waals surface area contributed by atoms with Crippen LogP contribution in [0.15, 0.2) is 69.6 Å². The van der Waals surface area contributed by atoms with E-state index in [4.69, 9.17) is 4.74 Å². The van der Waals surface area contributed by atoms with E-state index in [1.807, 2.05) is 12.1 Å². The molecule has 0 bridgehead atoms. The standard InChI is InChI=1S/C21H18Br2FNO/c1-14-2-4-15(5-3-14)13-26-21-19(22)10-16(11-20(21)23)12-25-18-8-6-17(24)7-9-18/h2-11,25H,12-13H2,1H3. The van der Waals surface area contributed by atoms with E-state index in [9.17, 15) is 4.39 Å². The van der Waals surface area contributed by atoms with Crippen molar-refractivity contribution in [3.05, 3.63) is 92.1 Å². The number of hydrogen-bond donors (Lipinski definition) is 1. The molecule has 134 valence electrons. The van der Waals surface area contributed by atoms with Crippen molar-refractivity contribution >= 4 is 37.5 Å². The van der Waals surface area contributed by atoms with Crippen LogP contribution in [-0.4, -0.2) is 0 Å². The highest BCUT2D eigenvalue weighted by Crippen LogP contribution is 2.35. The molecule has 0 radical (unpaired) electrons. The largest absolute Gasteiger partial charge is 0.487 e. The molecule has 0 saturated carbocycles. The molecule has 0 aromatic heterocycles. The van der Waals surface area contributed by atoms with Gasteiger partial charge in [-0.15, -0.1) is 0 Å². The summed E-state index contributed by atoms with van der Waals surface area (Å²) in [6.45, 7) is 3.20. The van der Waals surface area contributed by atoms with Crippen LogP contribution in [0.3, 0.4) is 0 Å². The van der Waals surface area contributed by atoms with Crippen LogP contribution in [0.4, 0.5) is 10.1 Å². The summed E-state index contributed by atoms with van der Waals surface area (Å²) >= 11 is 7.17. The predicted molar refractivity (Wildman–Crippen MR) is 111 cm³/mol. The van der Waals surface area contributed by atoms with E-state index >= 15 is 0 Å². The lowest BCUT2D eigenvalue weighted by atomic mass is 10.2. The molecule has 0 unspecified atom stereocenters. The highest BCUT2D eigenvalue weighted by molar-refractivity contribution is 9.11. The molecule has 0 fully saturated rings. The zero-order valence-electron chi connectivity index (χ0n) is 14.2. The van der Waals surface area contributed by atoms with E-state index in [1.54, 1.807) is 12.1 Å². The van der Waals surface area contributed by atoms with Crippen molar-refractivity contribution in [3.63, 3.8) is 0 Å². The van der Waals surface area contributed by atoms with Gasteiger partial charge in [0.2, 0.25) is 0 Å². The third-order valence-electron chi connectivity index (χ3n) is 3.90. The van der Waals surface area contributed by atoms with Crippen molar-refractivity contribution in [1.82, 2.24) is 0 Å². The monoisotopic (exact) mass is 477 g/mol. The van der Waals surface area contributed by atoms with Crippen LogP contribution >= 0.6 is 31.9 Å². The first kappa shape index (κ1) is 18.9. The summed E-state index contributed by atoms with van der Waals surface area (Å²) in [6, 6.07) is 18.6. The minimum Gasteiger partial charge on any atom is -0.487 e. The molecule has 5 heteroatoms. The average Bonchev–Trinajstić information content (AvgIpc) is 2.62. The Kier molecular flexibility index (Phi) is 6.33. The van der Waals surface area contributed by atoms with Gasteiger partial charge >= 0.3 is 0 Å². The lowest BCUT2D eigenvalue weighted by molar-refractivity contribution is 0.302. The van der Waals surface area contributed by atoms with Crippen LogP contribution in [0.2, 0.25) is 0 Å². The quantitative estimate of drug-likeness (QED) is 0.418. The SMILES string of the molecule is Cc1ccc(COc2c(Br)cc(CNc3ccc(F)cc3)cc2Br)cc1. The van der Waals surface area contributed by atoms with Crippen LogP contribution < -0.4 is 10.1 Å². The van der Waals surface area contributed by atoms with Gasteiger partial charge in [-0.1, -0.05) is 29.8 Å². The van der Waals surface area contributed by atoms with Gasteiger partial charge in [0.1, 0.15) is 18.2 Å². The second kappa shape index (κ2) is 8.69. The van der Waals surface area contributed by atoms with E-state index in [-0.39, 0.29) is 5.82 Å². The predicted octanol–water partition coefficient (Wildman–Crippen LogP) is 6.85. The smallest absolute Gasteiger partial charge is 0.148 e. The Balaban J connectivity index is 1.65. The Morgan fingerprint density at radius 3 is 2.12 bits per heavy atom. The van der Waals surface area contributed by atoms with Gasteiger partial charge in [-0.05, 0) is 86.3 Å². The Hall–Kier alpha value is -1.85. The molecule has 0 amide bonds. The minimum absolute atomic E-state index is 0.240. The van der Waals surface area contributed by atoms with Gasteiger partial charge in [0.15, 0.2) is 0 Å². The molecular formula is C21H18Br2FNO. The van der Waals surface area contributed by atoms with E-state index in [0.29, 0.717) is 13.2 Å². The summed E-state index contributed by atoms with van der Waals surface area (Å²) in [5, 5.41) is 3.28. The summed E-state index contributed by atoms with van der Waals surface area (Å²) in [6.07, 6.45) is 0. The molecule has 3 aromatic rings. The topological polar surface area (TPSA) is 21.3 Å². The van der Waals surface area contributed by atoms with Gasteiger partial charge in [0, 0.05) is 12.2 Å². The van der Waals surface area contributed by atoms with Crippen molar-refractivity contribution in [2.24, 2.45) is 0 Å². The Morgan fingerprint density at radius 1 is 0.885 bits per heavy atom. The molecule has 0 heterocycles. The maximum Gasteiger partial charge on any atom is 0.148 e. The number of benzene rings is 3. The molecule has 0 aliphatic rings. The van der Waals surface area contributed by atoms with E-state index in [0.717, 1.165) is 31.5 Å². The number of aryl methyl sites for hydroxylation is 1. The fourth-order valence-electron chi connectivity index (χ4n) is 2.46. The van der Waals surface area contributed by atoms with Crippen LogP contribution in [0, 0.1) is 12.7 Å². The second-order valence-electron chi connectivity index (χ2n) is 6.02. The molecule has 0 aliphatic carbocycles. The van der Waals surface area contributed by atoms with Crippen molar-refractivity contribution in [2.45, 2.75) is 20.1 Å². The number of ether oxygens (including phenoxy) is 1. The summed E-state index contributed by atoms with van der Waals surface area (Å²) < 4.78 is 20.7. The first-order valence-electron chi connectivity index (χ1n) is 8.17. The van der Waals surface area contributed by atoms with E-state index < -0.39 is 0 Å². The normalized spacial score (nSPS) is 10.6. The first-order chi connectivity index (χ1) is 12.5. The van der Waals surface area contributed by atoms with Crippen LogP contribution in [-0.2, 0) is 13.2 Å². The minimum atomic E-state index is -0.240. The number of rotatable bonds is 6. The van der Waals surface area contributed by atoms with Gasteiger partial charge in [0.05, 0.1) is 8.95 Å². The average molecular weight is 479 g/mol. The van der Waals surface area contributed by atoms with E-state index in [2.05, 4.69) is 68.4 Å². The molecule has 26 heavy (non-hydrogen) atoms. The summed E-state index contributed by atoms with van der Waals surface area (Å²) in [5.41, 5.74) is 4.31. The Labute approximate surface area is 169 Å². The highest BCUT2D eigenvalue weighted by Gasteiger charge is 2.10. The molecule has 0 aliphatic heterocycles. The van der Waals surface area contributed by atoms with Crippen LogP contribution in [0.25, 0.3) is 0 Å². The van der Waals surface area contributed by atoms with Crippen molar-refractivity contribution < 1.29 is 9.13 Å². The maximum atomic E-state index is 13.0. The lowest BCUT2D eigenvalue weighted by Gasteiger charge is -2.13. The van der Waals surface area contributed by atoms with Crippen molar-refractivity contribution in [3.8, 4) is 5.75 Å². The molecule has 0 spiro atoms. The van der Waals surface area contributed by atoms with Crippen LogP contribution in [0.5, 0.6) is 5.75 Å². The number of nitrogens with one attached hydrogen (secondary N) is 1. The van der Waals surface area contributed by atoms with Gasteiger partial charge < -0.3 is 10.1 Å². The van der Waals surface area contributed by atoms with Crippen molar-refractivity contribution in [2.75, 3.05) is 5.32 Å². The third kappa shape index (κ3) is 5.08. The number of hydrogen-bond acceptors (Lipinski definition) is 2. The fraction of sp³-hybridized carbons (Fsp3) is 0.143. The Morgan fingerprint density at radius 2 is 1.50 bits per heavy atom. The summed E-state index contributed by atoms with van der Waals surface area (Å²) in [4.78, 5) is 0. The molecule has 3 aromatic carbocycles.